The molecule has 128 valence electrons. The van der Waals surface area contributed by atoms with Crippen LogP contribution in [0.4, 0.5) is 5.69 Å². The summed E-state index contributed by atoms with van der Waals surface area (Å²) in [6, 6.07) is 9.09. The molecule has 7 heteroatoms. The van der Waals surface area contributed by atoms with Gasteiger partial charge in [-0.3, -0.25) is 24.4 Å². The molecule has 1 fully saturated rings. The minimum atomic E-state index is -0.929. The second-order valence-electron chi connectivity index (χ2n) is 5.88. The van der Waals surface area contributed by atoms with Gasteiger partial charge in [-0.2, -0.15) is 0 Å². The van der Waals surface area contributed by atoms with Crippen molar-refractivity contribution in [3.05, 3.63) is 30.3 Å². The summed E-state index contributed by atoms with van der Waals surface area (Å²) in [6.07, 6.45) is 2.32. The predicted octanol–water partition coefficient (Wildman–Crippen LogP) is 1.42. The predicted molar refractivity (Wildman–Crippen MR) is 99.3 cm³/mol. The van der Waals surface area contributed by atoms with Crippen molar-refractivity contribution in [2.45, 2.75) is 6.42 Å². The van der Waals surface area contributed by atoms with E-state index in [9.17, 15) is 9.59 Å². The van der Waals surface area contributed by atoms with Gasteiger partial charge in [-0.1, -0.05) is 18.2 Å². The molecule has 1 atom stereocenters. The molecule has 0 spiro atoms. The molecule has 1 aromatic rings. The molecular weight excluding hydrogens is 324 g/mol. The van der Waals surface area contributed by atoms with Gasteiger partial charge in [0.1, 0.15) is 0 Å². The summed E-state index contributed by atoms with van der Waals surface area (Å²) in [5.41, 5.74) is 0.651. The van der Waals surface area contributed by atoms with Gasteiger partial charge in [-0.25, -0.2) is 0 Å². The van der Waals surface area contributed by atoms with Crippen LogP contribution in [0.3, 0.4) is 0 Å². The zero-order valence-corrected chi connectivity index (χ0v) is 15.0. The van der Waals surface area contributed by atoms with Crippen LogP contribution in [-0.2, 0) is 9.59 Å². The topological polar surface area (TPSA) is 56.2 Å². The van der Waals surface area contributed by atoms with Gasteiger partial charge < -0.3 is 4.90 Å². The molecule has 1 heterocycles. The molecule has 0 N–H and O–H groups in total. The number of benzene rings is 1. The fraction of sp³-hybridized carbons (Fsp3) is 0.412. The molecule has 0 aliphatic carbocycles. The summed E-state index contributed by atoms with van der Waals surface area (Å²) in [6.45, 7) is 1.48. The second kappa shape index (κ2) is 8.12. The Balaban J connectivity index is 2.16. The Bertz CT molecular complexity index is 645. The molecule has 0 unspecified atom stereocenters. The molecule has 1 aromatic carbocycles. The number of thiocarbonyl (C=S) groups is 1. The number of carbonyl (C=O) groups excluding carboxylic acids is 2. The van der Waals surface area contributed by atoms with Gasteiger partial charge in [0.05, 0.1) is 5.69 Å². The van der Waals surface area contributed by atoms with E-state index in [0.29, 0.717) is 12.2 Å². The van der Waals surface area contributed by atoms with Crippen molar-refractivity contribution in [3.8, 4) is 0 Å². The molecule has 24 heavy (non-hydrogen) atoms. The first-order valence-corrected chi connectivity index (χ1v) is 8.19. The van der Waals surface area contributed by atoms with E-state index in [-0.39, 0.29) is 16.9 Å². The summed E-state index contributed by atoms with van der Waals surface area (Å²) in [5, 5.41) is 0.188. The van der Waals surface area contributed by atoms with Crippen LogP contribution >= 0.6 is 12.2 Å². The smallest absolute Gasteiger partial charge is 0.251 e. The molecule has 0 aromatic heterocycles. The Morgan fingerprint density at radius 3 is 2.50 bits per heavy atom. The Morgan fingerprint density at radius 1 is 1.21 bits per heavy atom. The highest BCUT2D eigenvalue weighted by molar-refractivity contribution is 7.80. The van der Waals surface area contributed by atoms with Crippen molar-refractivity contribution in [1.29, 1.82) is 0 Å². The first kappa shape index (κ1) is 18.2. The lowest BCUT2D eigenvalue weighted by Crippen LogP contribution is -2.59. The van der Waals surface area contributed by atoms with Crippen LogP contribution in [0.1, 0.15) is 6.42 Å². The first-order valence-electron chi connectivity index (χ1n) is 7.78. The molecule has 2 rings (SSSR count). The van der Waals surface area contributed by atoms with E-state index < -0.39 is 5.92 Å². The maximum Gasteiger partial charge on any atom is 0.251 e. The molecule has 6 nitrogen and oxygen atoms in total. The average molecular weight is 346 g/mol. The highest BCUT2D eigenvalue weighted by Gasteiger charge is 2.41. The number of aliphatic imine (C=N–C) groups is 1. The molecule has 0 radical (unpaired) electrons. The minimum Gasteiger partial charge on any atom is -0.309 e. The summed E-state index contributed by atoms with van der Waals surface area (Å²) >= 11 is 5.28. The van der Waals surface area contributed by atoms with Gasteiger partial charge in [0, 0.05) is 19.8 Å². The number of para-hydroxylation sites is 1. The maximum absolute atomic E-state index is 12.8. The van der Waals surface area contributed by atoms with E-state index in [0.717, 1.165) is 13.0 Å². The molecule has 0 bridgehead atoms. The third-order valence-corrected chi connectivity index (χ3v) is 4.18. The van der Waals surface area contributed by atoms with E-state index in [2.05, 4.69) is 9.89 Å². The first-order chi connectivity index (χ1) is 11.4. The fourth-order valence-corrected chi connectivity index (χ4v) is 2.68. The lowest BCUT2D eigenvalue weighted by molar-refractivity contribution is -0.135. The summed E-state index contributed by atoms with van der Waals surface area (Å²) < 4.78 is 0. The monoisotopic (exact) mass is 346 g/mol. The Morgan fingerprint density at radius 2 is 1.88 bits per heavy atom. The average Bonchev–Trinajstić information content (AvgIpc) is 2.56. The van der Waals surface area contributed by atoms with E-state index in [4.69, 9.17) is 12.2 Å². The number of carbonyl (C=O) groups is 2. The molecule has 1 aliphatic rings. The molecule has 2 amide bonds. The summed E-state index contributed by atoms with van der Waals surface area (Å²) in [5.74, 6) is -1.62. The van der Waals surface area contributed by atoms with Crippen LogP contribution in [0.2, 0.25) is 0 Å². The number of rotatable bonds is 6. The highest BCUT2D eigenvalue weighted by Crippen LogP contribution is 2.23. The number of hydrogen-bond donors (Lipinski definition) is 0. The van der Waals surface area contributed by atoms with Gasteiger partial charge >= 0.3 is 0 Å². The third kappa shape index (κ3) is 4.04. The Hall–Kier alpha value is -2.12. The number of amides is 2. The Labute approximate surface area is 147 Å². The lowest BCUT2D eigenvalue weighted by atomic mass is 10.0. The van der Waals surface area contributed by atoms with E-state index in [1.807, 2.05) is 32.3 Å². The molecule has 1 aliphatic heterocycles. The Kier molecular flexibility index (Phi) is 6.16. The second-order valence-corrected chi connectivity index (χ2v) is 6.24. The zero-order valence-electron chi connectivity index (χ0n) is 14.2. The SMILES string of the molecule is CN(C)CCCN=C[C@@H]1C(=O)N(C)C(=S)N(c2ccccc2)C1=O. The molecular formula is C17H22N4O2S. The largest absolute Gasteiger partial charge is 0.309 e. The van der Waals surface area contributed by atoms with E-state index >= 15 is 0 Å². The number of anilines is 1. The number of hydrogen-bond acceptors (Lipinski definition) is 5. The standard InChI is InChI=1S/C17H22N4O2S/c1-19(2)11-7-10-18-12-14-15(22)20(3)17(24)21(16(14)23)13-8-5-4-6-9-13/h4-6,8-9,12,14H,7,10-11H2,1-3H3/t14-/m1/s1. The van der Waals surface area contributed by atoms with Gasteiger partial charge in [0.25, 0.3) is 5.91 Å². The maximum atomic E-state index is 12.8. The summed E-state index contributed by atoms with van der Waals surface area (Å²) in [4.78, 5) is 34.2. The van der Waals surface area contributed by atoms with Crippen molar-refractivity contribution in [2.75, 3.05) is 39.1 Å². The minimum absolute atomic E-state index is 0.188. The van der Waals surface area contributed by atoms with E-state index in [1.165, 1.54) is 16.0 Å². The van der Waals surface area contributed by atoms with Crippen LogP contribution in [0.5, 0.6) is 0 Å². The fourth-order valence-electron chi connectivity index (χ4n) is 2.39. The molecule has 0 saturated carbocycles. The van der Waals surface area contributed by atoms with Crippen LogP contribution in [0.15, 0.2) is 35.3 Å². The highest BCUT2D eigenvalue weighted by atomic mass is 32.1. The van der Waals surface area contributed by atoms with Crippen molar-refractivity contribution in [3.63, 3.8) is 0 Å². The van der Waals surface area contributed by atoms with Crippen LogP contribution in [-0.4, -0.2) is 67.2 Å². The van der Waals surface area contributed by atoms with Crippen molar-refractivity contribution >= 4 is 41.0 Å². The number of nitrogens with zero attached hydrogens (tertiary/aromatic N) is 4. The van der Waals surface area contributed by atoms with Gasteiger partial charge in [0.15, 0.2) is 11.0 Å². The normalized spacial score (nSPS) is 19.0. The van der Waals surface area contributed by atoms with Gasteiger partial charge in [-0.15, -0.1) is 0 Å². The lowest BCUT2D eigenvalue weighted by Gasteiger charge is -2.36. The van der Waals surface area contributed by atoms with Crippen LogP contribution in [0.25, 0.3) is 0 Å². The van der Waals surface area contributed by atoms with Crippen LogP contribution in [0, 0.1) is 5.92 Å². The quantitative estimate of drug-likeness (QED) is 0.338. The van der Waals surface area contributed by atoms with Gasteiger partial charge in [0.2, 0.25) is 5.91 Å². The van der Waals surface area contributed by atoms with Crippen molar-refractivity contribution < 1.29 is 9.59 Å². The van der Waals surface area contributed by atoms with Crippen LogP contribution < -0.4 is 4.90 Å². The summed E-state index contributed by atoms with van der Waals surface area (Å²) in [7, 11) is 5.57. The van der Waals surface area contributed by atoms with E-state index in [1.54, 1.807) is 19.2 Å². The van der Waals surface area contributed by atoms with Crippen molar-refractivity contribution in [2.24, 2.45) is 10.9 Å². The molecule has 1 saturated heterocycles. The third-order valence-electron chi connectivity index (χ3n) is 3.72. The van der Waals surface area contributed by atoms with Gasteiger partial charge in [-0.05, 0) is 51.4 Å². The zero-order chi connectivity index (χ0) is 17.7. The van der Waals surface area contributed by atoms with Crippen molar-refractivity contribution in [1.82, 2.24) is 9.80 Å².